The van der Waals surface area contributed by atoms with Gasteiger partial charge in [-0.05, 0) is 32.8 Å². The second kappa shape index (κ2) is 6.07. The smallest absolute Gasteiger partial charge is 0.244 e. The van der Waals surface area contributed by atoms with Gasteiger partial charge in [0.2, 0.25) is 11.8 Å². The Balaban J connectivity index is 1.99. The van der Waals surface area contributed by atoms with Crippen LogP contribution in [0.15, 0.2) is 6.07 Å². The van der Waals surface area contributed by atoms with Gasteiger partial charge in [-0.3, -0.25) is 14.7 Å². The van der Waals surface area contributed by atoms with Gasteiger partial charge in [-0.15, -0.1) is 0 Å². The van der Waals surface area contributed by atoms with E-state index in [-0.39, 0.29) is 17.7 Å². The van der Waals surface area contributed by atoms with E-state index in [1.807, 2.05) is 17.9 Å². The topological polar surface area (TPSA) is 78.1 Å². The number of amides is 2. The van der Waals surface area contributed by atoms with Gasteiger partial charge >= 0.3 is 0 Å². The zero-order chi connectivity index (χ0) is 14.7. The first-order valence-electron chi connectivity index (χ1n) is 7.05. The lowest BCUT2D eigenvalue weighted by molar-refractivity contribution is -0.136. The summed E-state index contributed by atoms with van der Waals surface area (Å²) in [6, 6.07) is 1.57. The lowest BCUT2D eigenvalue weighted by atomic mass is 9.94. The molecule has 0 spiro atoms. The predicted molar refractivity (Wildman–Crippen MR) is 75.2 cm³/mol. The molecule has 2 amide bonds. The van der Waals surface area contributed by atoms with E-state index in [0.29, 0.717) is 6.54 Å². The Morgan fingerprint density at radius 3 is 2.90 bits per heavy atom. The van der Waals surface area contributed by atoms with Gasteiger partial charge < -0.3 is 10.2 Å². The summed E-state index contributed by atoms with van der Waals surface area (Å²) in [5, 5.41) is 9.89. The third-order valence-corrected chi connectivity index (χ3v) is 3.67. The van der Waals surface area contributed by atoms with Crippen LogP contribution in [0.4, 0.5) is 0 Å². The van der Waals surface area contributed by atoms with Gasteiger partial charge in [-0.2, -0.15) is 5.10 Å². The third-order valence-electron chi connectivity index (χ3n) is 3.67. The molecule has 1 aliphatic heterocycles. The molecule has 1 saturated heterocycles. The van der Waals surface area contributed by atoms with Crippen molar-refractivity contribution >= 4 is 11.8 Å². The van der Waals surface area contributed by atoms with Crippen LogP contribution in [0.3, 0.4) is 0 Å². The van der Waals surface area contributed by atoms with E-state index in [1.54, 1.807) is 6.92 Å². The normalized spacial score (nSPS) is 20.6. The standard InChI is InChI=1S/C14H22N4O2/c1-9-7-13(17-16-9)12-5-4-6-18(8-12)14(20)10(2)15-11(3)19/h7,10,12H,4-6,8H2,1-3H3,(H,15,19)(H,16,17)/t10-,12-/m1/s1. The SMILES string of the molecule is CC(=O)N[C@H](C)C(=O)N1CCC[C@@H](c2cc(C)[nH]n2)C1. The summed E-state index contributed by atoms with van der Waals surface area (Å²) in [4.78, 5) is 25.2. The largest absolute Gasteiger partial charge is 0.345 e. The average Bonchev–Trinajstić information content (AvgIpc) is 2.84. The lowest BCUT2D eigenvalue weighted by Gasteiger charge is -2.33. The van der Waals surface area contributed by atoms with Crippen molar-refractivity contribution in [1.82, 2.24) is 20.4 Å². The summed E-state index contributed by atoms with van der Waals surface area (Å²) < 4.78 is 0. The molecule has 6 heteroatoms. The van der Waals surface area contributed by atoms with Crippen molar-refractivity contribution in [2.24, 2.45) is 0 Å². The molecule has 1 fully saturated rings. The number of hydrogen-bond donors (Lipinski definition) is 2. The highest BCUT2D eigenvalue weighted by Crippen LogP contribution is 2.26. The molecule has 110 valence electrons. The first-order chi connectivity index (χ1) is 9.47. The number of aryl methyl sites for hydroxylation is 1. The minimum absolute atomic E-state index is 0.0165. The van der Waals surface area contributed by atoms with Crippen molar-refractivity contribution in [2.45, 2.75) is 45.6 Å². The third kappa shape index (κ3) is 3.37. The Bertz CT molecular complexity index is 497. The molecule has 2 rings (SSSR count). The van der Waals surface area contributed by atoms with Gasteiger partial charge in [-0.25, -0.2) is 0 Å². The van der Waals surface area contributed by atoms with E-state index >= 15 is 0 Å². The Kier molecular flexibility index (Phi) is 4.42. The van der Waals surface area contributed by atoms with Crippen LogP contribution >= 0.6 is 0 Å². The second-order valence-corrected chi connectivity index (χ2v) is 5.52. The second-order valence-electron chi connectivity index (χ2n) is 5.52. The van der Waals surface area contributed by atoms with Gasteiger partial charge in [0, 0.05) is 31.6 Å². The van der Waals surface area contributed by atoms with Crippen LogP contribution in [0.25, 0.3) is 0 Å². The fraction of sp³-hybridized carbons (Fsp3) is 0.643. The molecule has 2 atom stereocenters. The number of piperidine rings is 1. The Hall–Kier alpha value is -1.85. The molecule has 20 heavy (non-hydrogen) atoms. The summed E-state index contributed by atoms with van der Waals surface area (Å²) in [6.45, 7) is 6.55. The van der Waals surface area contributed by atoms with Gasteiger partial charge in [0.25, 0.3) is 0 Å². The number of nitrogens with one attached hydrogen (secondary N) is 2. The van der Waals surface area contributed by atoms with Crippen LogP contribution in [0.1, 0.15) is 44.0 Å². The fourth-order valence-electron chi connectivity index (χ4n) is 2.71. The van der Waals surface area contributed by atoms with E-state index in [4.69, 9.17) is 0 Å². The highest BCUT2D eigenvalue weighted by molar-refractivity contribution is 5.86. The molecule has 0 saturated carbocycles. The van der Waals surface area contributed by atoms with Gasteiger partial charge in [0.1, 0.15) is 6.04 Å². The number of aromatic amines is 1. The number of rotatable bonds is 3. The van der Waals surface area contributed by atoms with Crippen LogP contribution in [0.2, 0.25) is 0 Å². The summed E-state index contributed by atoms with van der Waals surface area (Å²) in [5.41, 5.74) is 2.06. The van der Waals surface area contributed by atoms with E-state index < -0.39 is 6.04 Å². The van der Waals surface area contributed by atoms with Crippen LogP contribution < -0.4 is 5.32 Å². The molecule has 0 aromatic carbocycles. The molecule has 1 aliphatic rings. The number of carbonyl (C=O) groups excluding carboxylic acids is 2. The highest BCUT2D eigenvalue weighted by Gasteiger charge is 2.28. The predicted octanol–water partition coefficient (Wildman–Crippen LogP) is 0.949. The maximum absolute atomic E-state index is 12.3. The summed E-state index contributed by atoms with van der Waals surface area (Å²) in [6.07, 6.45) is 2.01. The van der Waals surface area contributed by atoms with E-state index in [0.717, 1.165) is 30.8 Å². The number of aromatic nitrogens is 2. The highest BCUT2D eigenvalue weighted by atomic mass is 16.2. The van der Waals surface area contributed by atoms with Crippen molar-refractivity contribution in [3.63, 3.8) is 0 Å². The molecule has 6 nitrogen and oxygen atoms in total. The number of carbonyl (C=O) groups is 2. The minimum atomic E-state index is -0.466. The molecular weight excluding hydrogens is 256 g/mol. The number of nitrogens with zero attached hydrogens (tertiary/aromatic N) is 2. The van der Waals surface area contributed by atoms with Crippen molar-refractivity contribution < 1.29 is 9.59 Å². The summed E-state index contributed by atoms with van der Waals surface area (Å²) in [7, 11) is 0. The molecule has 2 heterocycles. The summed E-state index contributed by atoms with van der Waals surface area (Å²) in [5.74, 6) is 0.0849. The first kappa shape index (κ1) is 14.6. The number of H-pyrrole nitrogens is 1. The van der Waals surface area contributed by atoms with Crippen LogP contribution in [-0.2, 0) is 9.59 Å². The minimum Gasteiger partial charge on any atom is -0.345 e. The fourth-order valence-corrected chi connectivity index (χ4v) is 2.71. The lowest BCUT2D eigenvalue weighted by Crippen LogP contribution is -2.49. The van der Waals surface area contributed by atoms with Gasteiger partial charge in [0.05, 0.1) is 5.69 Å². The molecule has 0 unspecified atom stereocenters. The van der Waals surface area contributed by atoms with Crippen molar-refractivity contribution in [1.29, 1.82) is 0 Å². The molecule has 1 aromatic rings. The zero-order valence-electron chi connectivity index (χ0n) is 12.3. The van der Waals surface area contributed by atoms with Gasteiger partial charge in [0.15, 0.2) is 0 Å². The van der Waals surface area contributed by atoms with E-state index in [2.05, 4.69) is 15.5 Å². The Morgan fingerprint density at radius 2 is 2.30 bits per heavy atom. The van der Waals surface area contributed by atoms with Crippen LogP contribution in [-0.4, -0.2) is 46.0 Å². The van der Waals surface area contributed by atoms with Crippen molar-refractivity contribution in [3.8, 4) is 0 Å². The first-order valence-corrected chi connectivity index (χ1v) is 7.05. The number of likely N-dealkylation sites (tertiary alicyclic amines) is 1. The molecule has 0 aliphatic carbocycles. The molecule has 1 aromatic heterocycles. The Labute approximate surface area is 118 Å². The van der Waals surface area contributed by atoms with Crippen LogP contribution in [0.5, 0.6) is 0 Å². The quantitative estimate of drug-likeness (QED) is 0.864. The number of hydrogen-bond acceptors (Lipinski definition) is 3. The molecule has 2 N–H and O–H groups in total. The van der Waals surface area contributed by atoms with Gasteiger partial charge in [-0.1, -0.05) is 0 Å². The zero-order valence-corrected chi connectivity index (χ0v) is 12.3. The average molecular weight is 278 g/mol. The molecule has 0 radical (unpaired) electrons. The molecule has 0 bridgehead atoms. The van der Waals surface area contributed by atoms with E-state index in [9.17, 15) is 9.59 Å². The maximum atomic E-state index is 12.3. The van der Waals surface area contributed by atoms with Crippen LogP contribution in [0, 0.1) is 6.92 Å². The monoisotopic (exact) mass is 278 g/mol. The summed E-state index contributed by atoms with van der Waals surface area (Å²) >= 11 is 0. The van der Waals surface area contributed by atoms with Crippen molar-refractivity contribution in [3.05, 3.63) is 17.5 Å². The molecular formula is C14H22N4O2. The van der Waals surface area contributed by atoms with E-state index in [1.165, 1.54) is 6.92 Å². The van der Waals surface area contributed by atoms with Crippen molar-refractivity contribution in [2.75, 3.05) is 13.1 Å². The Morgan fingerprint density at radius 1 is 1.55 bits per heavy atom. The maximum Gasteiger partial charge on any atom is 0.244 e.